The van der Waals surface area contributed by atoms with Crippen molar-refractivity contribution in [2.24, 2.45) is 22.7 Å². The minimum Gasteiger partial charge on any atom is -0.396 e. The minimum absolute atomic E-state index is 0.0824. The molecule has 0 aromatic heterocycles. The number of allylic oxidation sites excluding steroid dienone is 1. The third-order valence-electron chi connectivity index (χ3n) is 6.51. The van der Waals surface area contributed by atoms with Gasteiger partial charge in [0.25, 0.3) is 0 Å². The average molecular weight is 278 g/mol. The molecule has 0 aliphatic heterocycles. The topological polar surface area (TPSA) is 57.5 Å². The lowest BCUT2D eigenvalue weighted by Gasteiger charge is -2.60. The van der Waals surface area contributed by atoms with Crippen LogP contribution in [0.4, 0.5) is 0 Å². The SMILES string of the molecule is C[C@]1(CO)CCC[C@@]2(C)[C@@H]1C[C@@H](O)C1=CC(=O)CC[C@@H]12. The first-order valence-corrected chi connectivity index (χ1v) is 7.94. The van der Waals surface area contributed by atoms with Gasteiger partial charge in [0.1, 0.15) is 0 Å². The van der Waals surface area contributed by atoms with E-state index in [4.69, 9.17) is 0 Å². The highest BCUT2D eigenvalue weighted by Gasteiger charge is 2.57. The Hall–Kier alpha value is -0.670. The van der Waals surface area contributed by atoms with Gasteiger partial charge in [0.2, 0.25) is 0 Å². The van der Waals surface area contributed by atoms with Crippen LogP contribution in [-0.2, 0) is 4.79 Å². The molecule has 5 atom stereocenters. The van der Waals surface area contributed by atoms with Crippen LogP contribution in [0.25, 0.3) is 0 Å². The van der Waals surface area contributed by atoms with Crippen LogP contribution in [0.2, 0.25) is 0 Å². The van der Waals surface area contributed by atoms with Gasteiger partial charge in [-0.25, -0.2) is 0 Å². The Kier molecular flexibility index (Phi) is 3.33. The molecule has 2 fully saturated rings. The molecule has 0 heterocycles. The number of hydrogen-bond acceptors (Lipinski definition) is 3. The fourth-order valence-corrected chi connectivity index (χ4v) is 5.39. The first kappa shape index (κ1) is 14.3. The first-order chi connectivity index (χ1) is 9.40. The molecule has 0 aromatic carbocycles. The van der Waals surface area contributed by atoms with Crippen LogP contribution in [0.3, 0.4) is 0 Å². The lowest BCUT2D eigenvalue weighted by atomic mass is 9.45. The third-order valence-corrected chi connectivity index (χ3v) is 6.51. The molecule has 0 unspecified atom stereocenters. The minimum atomic E-state index is -0.494. The summed E-state index contributed by atoms with van der Waals surface area (Å²) in [5.74, 6) is 0.831. The predicted molar refractivity (Wildman–Crippen MR) is 77.1 cm³/mol. The van der Waals surface area contributed by atoms with Gasteiger partial charge >= 0.3 is 0 Å². The zero-order valence-corrected chi connectivity index (χ0v) is 12.6. The quantitative estimate of drug-likeness (QED) is 0.774. The van der Waals surface area contributed by atoms with Gasteiger partial charge in [-0.05, 0) is 60.0 Å². The molecule has 3 aliphatic carbocycles. The zero-order valence-electron chi connectivity index (χ0n) is 12.6. The molecule has 3 heteroatoms. The van der Waals surface area contributed by atoms with Gasteiger partial charge in [-0.2, -0.15) is 0 Å². The number of rotatable bonds is 1. The van der Waals surface area contributed by atoms with E-state index < -0.39 is 6.10 Å². The van der Waals surface area contributed by atoms with Crippen LogP contribution in [-0.4, -0.2) is 28.7 Å². The molecule has 0 radical (unpaired) electrons. The van der Waals surface area contributed by atoms with Gasteiger partial charge in [-0.1, -0.05) is 20.3 Å². The van der Waals surface area contributed by atoms with E-state index in [1.54, 1.807) is 6.08 Å². The molecule has 0 aromatic rings. The van der Waals surface area contributed by atoms with E-state index in [9.17, 15) is 15.0 Å². The summed E-state index contributed by atoms with van der Waals surface area (Å²) < 4.78 is 0. The lowest BCUT2D eigenvalue weighted by molar-refractivity contribution is -0.123. The van der Waals surface area contributed by atoms with Gasteiger partial charge in [-0.3, -0.25) is 4.79 Å². The van der Waals surface area contributed by atoms with Crippen molar-refractivity contribution >= 4 is 5.78 Å². The van der Waals surface area contributed by atoms with E-state index in [0.717, 1.165) is 31.3 Å². The van der Waals surface area contributed by atoms with Crippen LogP contribution in [0.15, 0.2) is 11.6 Å². The molecule has 2 saturated carbocycles. The Morgan fingerprint density at radius 1 is 1.35 bits per heavy atom. The monoisotopic (exact) mass is 278 g/mol. The van der Waals surface area contributed by atoms with E-state index in [1.807, 2.05) is 0 Å². The number of carbonyl (C=O) groups is 1. The molecule has 0 saturated heterocycles. The van der Waals surface area contributed by atoms with Crippen molar-refractivity contribution in [3.63, 3.8) is 0 Å². The van der Waals surface area contributed by atoms with Crippen molar-refractivity contribution in [2.75, 3.05) is 6.61 Å². The summed E-state index contributed by atoms with van der Waals surface area (Å²) in [5, 5.41) is 20.4. The summed E-state index contributed by atoms with van der Waals surface area (Å²) in [4.78, 5) is 11.7. The standard InChI is InChI=1S/C17H26O3/c1-16(10-18)6-3-7-17(2)13-5-4-11(19)8-12(13)14(20)9-15(16)17/h8,13-15,18,20H,3-7,9-10H2,1-2H3/t13-,14+,15+,16+,17+/m0/s1. The number of carbonyl (C=O) groups excluding carboxylic acids is 1. The molecule has 0 spiro atoms. The Morgan fingerprint density at radius 3 is 2.80 bits per heavy atom. The Labute approximate surface area is 121 Å². The molecule has 3 nitrogen and oxygen atoms in total. The highest BCUT2D eigenvalue weighted by Crippen LogP contribution is 2.62. The fraction of sp³-hybridized carbons (Fsp3) is 0.824. The molecular weight excluding hydrogens is 252 g/mol. The third kappa shape index (κ3) is 1.90. The van der Waals surface area contributed by atoms with Crippen molar-refractivity contribution < 1.29 is 15.0 Å². The van der Waals surface area contributed by atoms with Crippen molar-refractivity contribution in [1.29, 1.82) is 0 Å². The number of aliphatic hydroxyl groups is 2. The Morgan fingerprint density at radius 2 is 2.10 bits per heavy atom. The number of fused-ring (bicyclic) bond motifs is 3. The summed E-state index contributed by atoms with van der Waals surface area (Å²) in [7, 11) is 0. The van der Waals surface area contributed by atoms with Gasteiger partial charge in [-0.15, -0.1) is 0 Å². The second kappa shape index (κ2) is 4.67. The van der Waals surface area contributed by atoms with Gasteiger partial charge in [0, 0.05) is 13.0 Å². The van der Waals surface area contributed by atoms with Gasteiger partial charge < -0.3 is 10.2 Å². The molecule has 0 bridgehead atoms. The fourth-order valence-electron chi connectivity index (χ4n) is 5.39. The largest absolute Gasteiger partial charge is 0.396 e. The molecule has 3 rings (SSSR count). The molecule has 3 aliphatic rings. The van der Waals surface area contributed by atoms with Gasteiger partial charge in [0.15, 0.2) is 5.78 Å². The number of ketones is 1. The maximum atomic E-state index is 11.7. The summed E-state index contributed by atoms with van der Waals surface area (Å²) in [6, 6.07) is 0. The zero-order chi connectivity index (χ0) is 14.5. The summed E-state index contributed by atoms with van der Waals surface area (Å²) in [6.07, 6.45) is 6.73. The van der Waals surface area contributed by atoms with E-state index in [1.165, 1.54) is 0 Å². The summed E-state index contributed by atoms with van der Waals surface area (Å²) in [6.45, 7) is 4.69. The van der Waals surface area contributed by atoms with E-state index >= 15 is 0 Å². The average Bonchev–Trinajstić information content (AvgIpc) is 2.42. The highest BCUT2D eigenvalue weighted by molar-refractivity contribution is 5.91. The van der Waals surface area contributed by atoms with E-state index in [2.05, 4.69) is 13.8 Å². The molecular formula is C17H26O3. The van der Waals surface area contributed by atoms with Crippen LogP contribution in [0.1, 0.15) is 52.4 Å². The second-order valence-corrected chi connectivity index (χ2v) is 7.68. The number of aliphatic hydroxyl groups excluding tert-OH is 2. The van der Waals surface area contributed by atoms with Crippen LogP contribution < -0.4 is 0 Å². The van der Waals surface area contributed by atoms with Gasteiger partial charge in [0.05, 0.1) is 6.10 Å². The first-order valence-electron chi connectivity index (χ1n) is 7.94. The van der Waals surface area contributed by atoms with Crippen molar-refractivity contribution in [3.8, 4) is 0 Å². The Bertz CT molecular complexity index is 455. The molecule has 20 heavy (non-hydrogen) atoms. The van der Waals surface area contributed by atoms with Crippen molar-refractivity contribution in [1.82, 2.24) is 0 Å². The highest BCUT2D eigenvalue weighted by atomic mass is 16.3. The second-order valence-electron chi connectivity index (χ2n) is 7.68. The lowest BCUT2D eigenvalue weighted by Crippen LogP contribution is -2.55. The summed E-state index contributed by atoms with van der Waals surface area (Å²) in [5.41, 5.74) is 1.02. The predicted octanol–water partition coefficient (Wildman–Crippen LogP) is 2.46. The Balaban J connectivity index is 2.03. The smallest absolute Gasteiger partial charge is 0.155 e. The molecule has 112 valence electrons. The van der Waals surface area contributed by atoms with Crippen molar-refractivity contribution in [2.45, 2.75) is 58.5 Å². The van der Waals surface area contributed by atoms with E-state index in [-0.39, 0.29) is 23.2 Å². The summed E-state index contributed by atoms with van der Waals surface area (Å²) >= 11 is 0. The number of hydrogen-bond donors (Lipinski definition) is 2. The van der Waals surface area contributed by atoms with Crippen LogP contribution >= 0.6 is 0 Å². The maximum Gasteiger partial charge on any atom is 0.155 e. The van der Waals surface area contributed by atoms with E-state index in [0.29, 0.717) is 24.7 Å². The van der Waals surface area contributed by atoms with Crippen molar-refractivity contribution in [3.05, 3.63) is 11.6 Å². The van der Waals surface area contributed by atoms with Crippen LogP contribution in [0, 0.1) is 22.7 Å². The molecule has 0 amide bonds. The molecule has 2 N–H and O–H groups in total. The van der Waals surface area contributed by atoms with Crippen LogP contribution in [0.5, 0.6) is 0 Å². The maximum absolute atomic E-state index is 11.7. The normalized spacial score (nSPS) is 48.3.